The largest absolute Gasteiger partial charge is 0.467 e. The molecular formula is C17H16ClN3O3. The van der Waals surface area contributed by atoms with Crippen LogP contribution in [0.3, 0.4) is 0 Å². The Balaban J connectivity index is 1.62. The van der Waals surface area contributed by atoms with E-state index in [9.17, 15) is 4.79 Å². The molecule has 3 rings (SSSR count). The number of para-hydroxylation sites is 1. The van der Waals surface area contributed by atoms with Crippen molar-refractivity contribution in [1.29, 1.82) is 0 Å². The molecule has 0 saturated carbocycles. The summed E-state index contributed by atoms with van der Waals surface area (Å²) in [6, 6.07) is 13.0. The number of ether oxygens (including phenoxy) is 1. The molecule has 0 aliphatic rings. The Bertz CT molecular complexity index is 800. The molecule has 1 aromatic carbocycles. The minimum Gasteiger partial charge on any atom is -0.467 e. The van der Waals surface area contributed by atoms with Crippen LogP contribution in [0.4, 0.5) is 0 Å². The minimum atomic E-state index is -0.739. The van der Waals surface area contributed by atoms with Crippen molar-refractivity contribution in [3.05, 3.63) is 65.7 Å². The summed E-state index contributed by atoms with van der Waals surface area (Å²) in [4.78, 5) is 12.1. The Kier molecular flexibility index (Phi) is 4.86. The average molecular weight is 346 g/mol. The topological polar surface area (TPSA) is 69.3 Å². The first-order chi connectivity index (χ1) is 11.6. The van der Waals surface area contributed by atoms with Crippen LogP contribution in [0, 0.1) is 0 Å². The van der Waals surface area contributed by atoms with E-state index in [0.29, 0.717) is 17.3 Å². The number of carbonyl (C=O) groups is 1. The van der Waals surface area contributed by atoms with Gasteiger partial charge < -0.3 is 14.5 Å². The lowest BCUT2D eigenvalue weighted by atomic mass is 10.3. The molecule has 0 fully saturated rings. The molecule has 1 atom stereocenters. The zero-order valence-electron chi connectivity index (χ0n) is 13.0. The van der Waals surface area contributed by atoms with Crippen LogP contribution in [0.1, 0.15) is 12.7 Å². The molecule has 0 unspecified atom stereocenters. The Morgan fingerprint density at radius 3 is 2.83 bits per heavy atom. The molecule has 7 heteroatoms. The van der Waals surface area contributed by atoms with Crippen LogP contribution in [-0.4, -0.2) is 21.8 Å². The van der Waals surface area contributed by atoms with Crippen molar-refractivity contribution >= 4 is 17.5 Å². The lowest BCUT2D eigenvalue weighted by Gasteiger charge is -2.12. The van der Waals surface area contributed by atoms with Gasteiger partial charge in [-0.2, -0.15) is 0 Å². The Morgan fingerprint density at radius 1 is 1.33 bits per heavy atom. The van der Waals surface area contributed by atoms with Crippen LogP contribution < -0.4 is 10.1 Å². The van der Waals surface area contributed by atoms with Gasteiger partial charge in [0, 0.05) is 0 Å². The lowest BCUT2D eigenvalue weighted by molar-refractivity contribution is -0.127. The number of aromatic nitrogens is 2. The summed E-state index contributed by atoms with van der Waals surface area (Å²) in [7, 11) is 0. The molecule has 0 aliphatic carbocycles. The van der Waals surface area contributed by atoms with Gasteiger partial charge in [-0.25, -0.2) is 4.68 Å². The predicted molar refractivity (Wildman–Crippen MR) is 89.2 cm³/mol. The van der Waals surface area contributed by atoms with Gasteiger partial charge in [-0.1, -0.05) is 29.8 Å². The first-order valence-corrected chi connectivity index (χ1v) is 7.78. The Hall–Kier alpha value is -2.73. The van der Waals surface area contributed by atoms with Crippen molar-refractivity contribution < 1.29 is 13.9 Å². The van der Waals surface area contributed by atoms with Gasteiger partial charge in [0.15, 0.2) is 6.10 Å². The normalized spacial score (nSPS) is 11.9. The summed E-state index contributed by atoms with van der Waals surface area (Å²) in [6.07, 6.45) is 2.45. The molecule has 24 heavy (non-hydrogen) atoms. The molecule has 2 aromatic heterocycles. The van der Waals surface area contributed by atoms with Crippen molar-refractivity contribution in [2.75, 3.05) is 0 Å². The van der Waals surface area contributed by atoms with Gasteiger partial charge in [0.1, 0.15) is 10.8 Å². The molecule has 124 valence electrons. The van der Waals surface area contributed by atoms with Crippen LogP contribution in [0.15, 0.2) is 59.3 Å². The van der Waals surface area contributed by atoms with Crippen molar-refractivity contribution in [3.63, 3.8) is 0 Å². The summed E-state index contributed by atoms with van der Waals surface area (Å²) in [5.41, 5.74) is 0.851. The zero-order valence-corrected chi connectivity index (χ0v) is 13.7. The standard InChI is InChI=1S/C17H16ClN3O3/c1-12(16(22)19-10-14-8-5-9-23-14)24-17-15(18)11-21(20-17)13-6-3-2-4-7-13/h2-9,11-12H,10H2,1H3,(H,19,22)/t12-/m0/s1. The Morgan fingerprint density at radius 2 is 2.12 bits per heavy atom. The molecule has 0 saturated heterocycles. The highest BCUT2D eigenvalue weighted by Crippen LogP contribution is 2.24. The van der Waals surface area contributed by atoms with Crippen LogP contribution in [0.25, 0.3) is 5.69 Å². The molecule has 0 spiro atoms. The number of nitrogens with one attached hydrogen (secondary N) is 1. The number of furan rings is 1. The van der Waals surface area contributed by atoms with Crippen LogP contribution >= 0.6 is 11.6 Å². The molecule has 0 aliphatic heterocycles. The molecule has 3 aromatic rings. The second-order valence-corrected chi connectivity index (χ2v) is 5.53. The first-order valence-electron chi connectivity index (χ1n) is 7.41. The third kappa shape index (κ3) is 3.78. The van der Waals surface area contributed by atoms with E-state index in [4.69, 9.17) is 20.8 Å². The predicted octanol–water partition coefficient (Wildman–Crippen LogP) is 3.20. The van der Waals surface area contributed by atoms with E-state index in [1.165, 1.54) is 0 Å². The fraction of sp³-hybridized carbons (Fsp3) is 0.176. The van der Waals surface area contributed by atoms with Crippen LogP contribution in [-0.2, 0) is 11.3 Å². The highest BCUT2D eigenvalue weighted by molar-refractivity contribution is 6.31. The molecule has 0 bridgehead atoms. The zero-order chi connectivity index (χ0) is 16.9. The molecule has 1 amide bonds. The van der Waals surface area contributed by atoms with E-state index in [1.807, 2.05) is 30.3 Å². The van der Waals surface area contributed by atoms with Gasteiger partial charge in [0.25, 0.3) is 11.8 Å². The van der Waals surface area contributed by atoms with Gasteiger partial charge in [-0.15, -0.1) is 5.10 Å². The summed E-state index contributed by atoms with van der Waals surface area (Å²) in [5.74, 6) is 0.597. The third-order valence-corrected chi connectivity index (χ3v) is 3.59. The molecule has 0 radical (unpaired) electrons. The fourth-order valence-corrected chi connectivity index (χ4v) is 2.26. The number of amides is 1. The molecular weight excluding hydrogens is 330 g/mol. The van der Waals surface area contributed by atoms with Crippen molar-refractivity contribution in [3.8, 4) is 11.6 Å². The second-order valence-electron chi connectivity index (χ2n) is 5.12. The Labute approximate surface area is 144 Å². The number of halogens is 1. The highest BCUT2D eigenvalue weighted by atomic mass is 35.5. The van der Waals surface area contributed by atoms with E-state index < -0.39 is 6.10 Å². The quantitative estimate of drug-likeness (QED) is 0.744. The maximum Gasteiger partial charge on any atom is 0.261 e. The number of nitrogens with zero attached hydrogens (tertiary/aromatic N) is 2. The van der Waals surface area contributed by atoms with E-state index >= 15 is 0 Å². The highest BCUT2D eigenvalue weighted by Gasteiger charge is 2.19. The summed E-state index contributed by atoms with van der Waals surface area (Å²) in [6.45, 7) is 1.93. The lowest BCUT2D eigenvalue weighted by Crippen LogP contribution is -2.36. The number of hydrogen-bond acceptors (Lipinski definition) is 4. The van der Waals surface area contributed by atoms with E-state index in [0.717, 1.165) is 5.69 Å². The maximum atomic E-state index is 12.1. The fourth-order valence-electron chi connectivity index (χ4n) is 2.08. The SMILES string of the molecule is C[C@H](Oc1nn(-c2ccccc2)cc1Cl)C(=O)NCc1ccco1. The molecule has 2 heterocycles. The van der Waals surface area contributed by atoms with Crippen molar-refractivity contribution in [2.24, 2.45) is 0 Å². The number of hydrogen-bond donors (Lipinski definition) is 1. The van der Waals surface area contributed by atoms with Crippen molar-refractivity contribution in [2.45, 2.75) is 19.6 Å². The van der Waals surface area contributed by atoms with E-state index in [2.05, 4.69) is 10.4 Å². The number of rotatable bonds is 6. The minimum absolute atomic E-state index is 0.209. The van der Waals surface area contributed by atoms with Crippen LogP contribution in [0.5, 0.6) is 5.88 Å². The summed E-state index contributed by atoms with van der Waals surface area (Å²) in [5, 5.41) is 7.34. The smallest absolute Gasteiger partial charge is 0.261 e. The molecule has 1 N–H and O–H groups in total. The van der Waals surface area contributed by atoms with E-state index in [1.54, 1.807) is 36.2 Å². The van der Waals surface area contributed by atoms with Crippen molar-refractivity contribution in [1.82, 2.24) is 15.1 Å². The van der Waals surface area contributed by atoms with Gasteiger partial charge >= 0.3 is 0 Å². The van der Waals surface area contributed by atoms with Gasteiger partial charge in [-0.05, 0) is 31.2 Å². The number of benzene rings is 1. The summed E-state index contributed by atoms with van der Waals surface area (Å²) >= 11 is 6.15. The van der Waals surface area contributed by atoms with Gasteiger partial charge in [0.2, 0.25) is 0 Å². The van der Waals surface area contributed by atoms with Gasteiger partial charge in [-0.3, -0.25) is 4.79 Å². The third-order valence-electron chi connectivity index (χ3n) is 3.33. The van der Waals surface area contributed by atoms with E-state index in [-0.39, 0.29) is 11.8 Å². The second kappa shape index (κ2) is 7.23. The average Bonchev–Trinajstić information content (AvgIpc) is 3.24. The van der Waals surface area contributed by atoms with Crippen LogP contribution in [0.2, 0.25) is 5.02 Å². The number of carbonyl (C=O) groups excluding carboxylic acids is 1. The summed E-state index contributed by atoms with van der Waals surface area (Å²) < 4.78 is 12.3. The van der Waals surface area contributed by atoms with Gasteiger partial charge in [0.05, 0.1) is 24.7 Å². The monoisotopic (exact) mass is 345 g/mol. The first kappa shape index (κ1) is 16.1. The molecule has 6 nitrogen and oxygen atoms in total. The maximum absolute atomic E-state index is 12.1.